The van der Waals surface area contributed by atoms with Crippen molar-refractivity contribution < 1.29 is 28.5 Å². The van der Waals surface area contributed by atoms with E-state index in [1.54, 1.807) is 18.2 Å². The van der Waals surface area contributed by atoms with Crippen molar-refractivity contribution in [2.45, 2.75) is 0 Å². The SMILES string of the molecule is COc1cc(N)c(Cl)cc1C(=O)OCC(=O)c1ccc2c(c1)OCCO2. The van der Waals surface area contributed by atoms with E-state index in [9.17, 15) is 9.59 Å². The molecule has 136 valence electrons. The molecule has 0 fully saturated rings. The molecule has 0 radical (unpaired) electrons. The molecule has 0 spiro atoms. The fourth-order valence-corrected chi connectivity index (χ4v) is 2.57. The number of ether oxygens (including phenoxy) is 4. The predicted octanol–water partition coefficient (Wildman–Crippen LogP) is 2.74. The van der Waals surface area contributed by atoms with Gasteiger partial charge in [-0.25, -0.2) is 4.79 Å². The lowest BCUT2D eigenvalue weighted by Gasteiger charge is -2.18. The first-order valence-electron chi connectivity index (χ1n) is 7.72. The number of rotatable bonds is 5. The van der Waals surface area contributed by atoms with E-state index in [0.717, 1.165) is 0 Å². The number of carbonyl (C=O) groups excluding carboxylic acids is 2. The van der Waals surface area contributed by atoms with Gasteiger partial charge in [-0.3, -0.25) is 4.79 Å². The molecule has 7 nitrogen and oxygen atoms in total. The zero-order valence-electron chi connectivity index (χ0n) is 13.9. The summed E-state index contributed by atoms with van der Waals surface area (Å²) in [6.45, 7) is 0.435. The van der Waals surface area contributed by atoms with Crippen LogP contribution in [-0.2, 0) is 4.74 Å². The highest BCUT2D eigenvalue weighted by molar-refractivity contribution is 6.33. The highest BCUT2D eigenvalue weighted by atomic mass is 35.5. The van der Waals surface area contributed by atoms with Crippen LogP contribution in [0.4, 0.5) is 5.69 Å². The number of methoxy groups -OCH3 is 1. The Bertz CT molecular complexity index is 867. The first kappa shape index (κ1) is 17.9. The van der Waals surface area contributed by atoms with Crippen LogP contribution in [0.3, 0.4) is 0 Å². The van der Waals surface area contributed by atoms with Crippen LogP contribution in [0.1, 0.15) is 20.7 Å². The summed E-state index contributed by atoms with van der Waals surface area (Å²) in [5, 5.41) is 0.191. The first-order chi connectivity index (χ1) is 12.5. The number of halogens is 1. The normalized spacial score (nSPS) is 12.4. The smallest absolute Gasteiger partial charge is 0.342 e. The van der Waals surface area contributed by atoms with Crippen molar-refractivity contribution in [1.29, 1.82) is 0 Å². The molecular formula is C18H16ClNO6. The average molecular weight is 378 g/mol. The van der Waals surface area contributed by atoms with Crippen molar-refractivity contribution in [3.8, 4) is 17.2 Å². The monoisotopic (exact) mass is 377 g/mol. The molecule has 0 amide bonds. The maximum absolute atomic E-state index is 12.3. The van der Waals surface area contributed by atoms with Crippen LogP contribution in [0.2, 0.25) is 5.02 Å². The summed E-state index contributed by atoms with van der Waals surface area (Å²) in [7, 11) is 1.39. The lowest BCUT2D eigenvalue weighted by molar-refractivity contribution is 0.0471. The number of benzene rings is 2. The summed E-state index contributed by atoms with van der Waals surface area (Å²) in [5.74, 6) is 0.153. The Kier molecular flexibility index (Phi) is 5.18. The maximum atomic E-state index is 12.3. The van der Waals surface area contributed by atoms with Crippen molar-refractivity contribution in [2.24, 2.45) is 0 Å². The Morgan fingerprint density at radius 2 is 1.88 bits per heavy atom. The Morgan fingerprint density at radius 3 is 2.62 bits per heavy atom. The molecule has 0 saturated heterocycles. The lowest BCUT2D eigenvalue weighted by atomic mass is 10.1. The average Bonchev–Trinajstić information content (AvgIpc) is 2.67. The summed E-state index contributed by atoms with van der Waals surface area (Å²) >= 11 is 5.93. The molecule has 2 aromatic carbocycles. The van der Waals surface area contributed by atoms with Gasteiger partial charge in [-0.2, -0.15) is 0 Å². The minimum Gasteiger partial charge on any atom is -0.496 e. The molecule has 1 heterocycles. The van der Waals surface area contributed by atoms with E-state index in [4.69, 9.17) is 36.3 Å². The molecule has 26 heavy (non-hydrogen) atoms. The lowest BCUT2D eigenvalue weighted by Crippen LogP contribution is -2.17. The van der Waals surface area contributed by atoms with Crippen LogP contribution in [0, 0.1) is 0 Å². The maximum Gasteiger partial charge on any atom is 0.342 e. The summed E-state index contributed by atoms with van der Waals surface area (Å²) in [6, 6.07) is 7.55. The van der Waals surface area contributed by atoms with Gasteiger partial charge < -0.3 is 24.7 Å². The Hall–Kier alpha value is -2.93. The molecule has 0 aromatic heterocycles. The number of hydrogen-bond acceptors (Lipinski definition) is 7. The highest BCUT2D eigenvalue weighted by Crippen LogP contribution is 2.31. The van der Waals surface area contributed by atoms with Gasteiger partial charge in [-0.15, -0.1) is 0 Å². The van der Waals surface area contributed by atoms with E-state index in [2.05, 4.69) is 0 Å². The van der Waals surface area contributed by atoms with E-state index in [-0.39, 0.29) is 27.8 Å². The number of esters is 1. The molecule has 0 saturated carbocycles. The van der Waals surface area contributed by atoms with Crippen molar-refractivity contribution in [3.63, 3.8) is 0 Å². The fraction of sp³-hybridized carbons (Fsp3) is 0.222. The standard InChI is InChI=1S/C18H16ClNO6/c1-23-16-8-13(20)12(19)7-11(16)18(22)26-9-14(21)10-2-3-15-17(6-10)25-5-4-24-15/h2-3,6-8H,4-5,9,20H2,1H3. The highest BCUT2D eigenvalue weighted by Gasteiger charge is 2.19. The fourth-order valence-electron chi connectivity index (χ4n) is 2.41. The quantitative estimate of drug-likeness (QED) is 0.486. The summed E-state index contributed by atoms with van der Waals surface area (Å²) < 4.78 is 21.0. The van der Waals surface area contributed by atoms with Crippen molar-refractivity contribution in [1.82, 2.24) is 0 Å². The van der Waals surface area contributed by atoms with Gasteiger partial charge in [0, 0.05) is 11.6 Å². The van der Waals surface area contributed by atoms with Gasteiger partial charge in [0.1, 0.15) is 24.5 Å². The number of Topliss-reactive ketones (excluding diaryl/α,β-unsaturated/α-hetero) is 1. The minimum absolute atomic E-state index is 0.0849. The number of ketones is 1. The summed E-state index contributed by atoms with van der Waals surface area (Å²) in [6.07, 6.45) is 0. The van der Waals surface area contributed by atoms with Crippen LogP contribution in [0.25, 0.3) is 0 Å². The van der Waals surface area contributed by atoms with Crippen LogP contribution in [0.15, 0.2) is 30.3 Å². The molecule has 1 aliphatic rings. The number of nitrogen functional groups attached to an aromatic ring is 1. The van der Waals surface area contributed by atoms with Crippen molar-refractivity contribution in [3.05, 3.63) is 46.5 Å². The molecule has 8 heteroatoms. The second-order valence-corrected chi connectivity index (χ2v) is 5.84. The molecular weight excluding hydrogens is 362 g/mol. The van der Waals surface area contributed by atoms with E-state index in [1.807, 2.05) is 0 Å². The number of carbonyl (C=O) groups is 2. The van der Waals surface area contributed by atoms with Gasteiger partial charge in [-0.1, -0.05) is 11.6 Å². The van der Waals surface area contributed by atoms with Crippen molar-refractivity contribution in [2.75, 3.05) is 32.7 Å². The third-order valence-corrected chi connectivity index (χ3v) is 4.06. The van der Waals surface area contributed by atoms with Crippen LogP contribution in [0.5, 0.6) is 17.2 Å². The number of fused-ring (bicyclic) bond motifs is 1. The van der Waals surface area contributed by atoms with Gasteiger partial charge in [0.2, 0.25) is 0 Å². The Balaban J connectivity index is 1.70. The Labute approximate surface area is 154 Å². The topological polar surface area (TPSA) is 97.1 Å². The number of anilines is 1. The molecule has 2 aromatic rings. The van der Waals surface area contributed by atoms with Gasteiger partial charge in [-0.05, 0) is 24.3 Å². The Morgan fingerprint density at radius 1 is 1.15 bits per heavy atom. The second kappa shape index (κ2) is 7.53. The van der Waals surface area contributed by atoms with Crippen molar-refractivity contribution >= 4 is 29.0 Å². The zero-order valence-corrected chi connectivity index (χ0v) is 14.7. The summed E-state index contributed by atoms with van der Waals surface area (Å²) in [5.41, 5.74) is 6.39. The molecule has 0 atom stereocenters. The van der Waals surface area contributed by atoms with E-state index in [1.165, 1.54) is 19.2 Å². The second-order valence-electron chi connectivity index (χ2n) is 5.43. The van der Waals surface area contributed by atoms with E-state index in [0.29, 0.717) is 30.3 Å². The third kappa shape index (κ3) is 3.67. The zero-order chi connectivity index (χ0) is 18.7. The number of hydrogen-bond donors (Lipinski definition) is 1. The molecule has 2 N–H and O–H groups in total. The van der Waals surface area contributed by atoms with E-state index < -0.39 is 12.6 Å². The van der Waals surface area contributed by atoms with Crippen LogP contribution in [-0.4, -0.2) is 38.7 Å². The van der Waals surface area contributed by atoms with Gasteiger partial charge >= 0.3 is 5.97 Å². The molecule has 3 rings (SSSR count). The molecule has 0 bridgehead atoms. The number of nitrogens with two attached hydrogens (primary N) is 1. The van der Waals surface area contributed by atoms with Gasteiger partial charge in [0.25, 0.3) is 0 Å². The van der Waals surface area contributed by atoms with E-state index >= 15 is 0 Å². The van der Waals surface area contributed by atoms with Gasteiger partial charge in [0.15, 0.2) is 23.9 Å². The molecule has 0 unspecified atom stereocenters. The third-order valence-electron chi connectivity index (χ3n) is 3.74. The summed E-state index contributed by atoms with van der Waals surface area (Å²) in [4.78, 5) is 24.5. The molecule has 0 aliphatic carbocycles. The van der Waals surface area contributed by atoms with Crippen LogP contribution >= 0.6 is 11.6 Å². The molecule has 1 aliphatic heterocycles. The largest absolute Gasteiger partial charge is 0.496 e. The van der Waals surface area contributed by atoms with Gasteiger partial charge in [0.05, 0.1) is 17.8 Å². The predicted molar refractivity (Wildman–Crippen MR) is 94.5 cm³/mol. The minimum atomic E-state index is -0.741. The first-order valence-corrected chi connectivity index (χ1v) is 8.10. The van der Waals surface area contributed by atoms with Crippen LogP contribution < -0.4 is 19.9 Å².